The molecule has 0 bridgehead atoms. The summed E-state index contributed by atoms with van der Waals surface area (Å²) >= 11 is 0. The largest absolute Gasteiger partial charge is 0.454 e. The molecule has 2 aromatic carbocycles. The second-order valence-electron chi connectivity index (χ2n) is 6.04. The Bertz CT molecular complexity index is 932. The Morgan fingerprint density at radius 1 is 1.04 bits per heavy atom. The Labute approximate surface area is 143 Å². The first kappa shape index (κ1) is 16.3. The van der Waals surface area contributed by atoms with Crippen LogP contribution in [0, 0.1) is 11.6 Å². The molecule has 2 aromatic rings. The van der Waals surface area contributed by atoms with E-state index in [2.05, 4.69) is 0 Å². The molecule has 5 nitrogen and oxygen atoms in total. The summed E-state index contributed by atoms with van der Waals surface area (Å²) in [4.78, 5) is -0.626. The molecular weight excluding hydrogens is 352 g/mol. The minimum Gasteiger partial charge on any atom is -0.454 e. The minimum atomic E-state index is -4.08. The van der Waals surface area contributed by atoms with Gasteiger partial charge in [0.2, 0.25) is 16.8 Å². The van der Waals surface area contributed by atoms with E-state index < -0.39 is 26.6 Å². The lowest BCUT2D eigenvalue weighted by Crippen LogP contribution is -2.29. The molecule has 1 saturated heterocycles. The number of sulfonamides is 1. The number of ether oxygens (including phenoxy) is 2. The van der Waals surface area contributed by atoms with Crippen molar-refractivity contribution in [2.24, 2.45) is 0 Å². The fourth-order valence-electron chi connectivity index (χ4n) is 3.20. The van der Waals surface area contributed by atoms with E-state index >= 15 is 0 Å². The molecule has 132 valence electrons. The SMILES string of the molecule is O=S(=O)(c1cc(F)ccc1F)N1CCC(c2ccc3c(c2)OCO3)C1. The van der Waals surface area contributed by atoms with Crippen molar-refractivity contribution < 1.29 is 26.7 Å². The van der Waals surface area contributed by atoms with E-state index in [1.165, 1.54) is 4.31 Å². The topological polar surface area (TPSA) is 55.8 Å². The Morgan fingerprint density at radius 2 is 1.84 bits per heavy atom. The molecule has 8 heteroatoms. The van der Waals surface area contributed by atoms with Gasteiger partial charge >= 0.3 is 0 Å². The third-order valence-electron chi connectivity index (χ3n) is 4.53. The van der Waals surface area contributed by atoms with Crippen molar-refractivity contribution in [3.8, 4) is 11.5 Å². The Kier molecular flexibility index (Phi) is 3.88. The number of rotatable bonds is 3. The predicted octanol–water partition coefficient (Wildman–Crippen LogP) is 2.87. The molecule has 2 aliphatic rings. The first-order valence-electron chi connectivity index (χ1n) is 7.80. The molecule has 0 aromatic heterocycles. The monoisotopic (exact) mass is 367 g/mol. The van der Waals surface area contributed by atoms with Gasteiger partial charge in [-0.15, -0.1) is 0 Å². The van der Waals surface area contributed by atoms with Crippen molar-refractivity contribution in [1.29, 1.82) is 0 Å². The molecule has 4 rings (SSSR count). The Hall–Kier alpha value is -2.19. The first-order chi connectivity index (χ1) is 11.9. The molecule has 25 heavy (non-hydrogen) atoms. The number of benzene rings is 2. The number of nitrogens with zero attached hydrogens (tertiary/aromatic N) is 1. The summed E-state index contributed by atoms with van der Waals surface area (Å²) in [5.41, 5.74) is 0.932. The Morgan fingerprint density at radius 3 is 2.68 bits per heavy atom. The lowest BCUT2D eigenvalue weighted by atomic mass is 9.98. The van der Waals surface area contributed by atoms with E-state index in [0.29, 0.717) is 17.9 Å². The zero-order valence-corrected chi connectivity index (χ0v) is 13.9. The quantitative estimate of drug-likeness (QED) is 0.837. The van der Waals surface area contributed by atoms with Crippen molar-refractivity contribution in [3.63, 3.8) is 0 Å². The molecule has 0 spiro atoms. The normalized spacial score (nSPS) is 20.2. The number of halogens is 2. The van der Waals surface area contributed by atoms with Crippen molar-refractivity contribution in [3.05, 3.63) is 53.6 Å². The standard InChI is InChI=1S/C17H15F2NO4S/c18-13-2-3-14(19)17(8-13)25(21,22)20-6-5-12(9-20)11-1-4-15-16(7-11)24-10-23-15/h1-4,7-8,12H,5-6,9-10H2. The molecular formula is C17H15F2NO4S. The van der Waals surface area contributed by atoms with Gasteiger partial charge < -0.3 is 9.47 Å². The summed E-state index contributed by atoms with van der Waals surface area (Å²) in [7, 11) is -4.08. The molecule has 2 aliphatic heterocycles. The number of hydrogen-bond donors (Lipinski definition) is 0. The van der Waals surface area contributed by atoms with Crippen LogP contribution in [0.1, 0.15) is 17.9 Å². The maximum Gasteiger partial charge on any atom is 0.246 e. The summed E-state index contributed by atoms with van der Waals surface area (Å²) in [5.74, 6) is -0.483. The van der Waals surface area contributed by atoms with Crippen LogP contribution in [-0.2, 0) is 10.0 Å². The van der Waals surface area contributed by atoms with Crippen LogP contribution >= 0.6 is 0 Å². The molecule has 0 radical (unpaired) electrons. The number of fused-ring (bicyclic) bond motifs is 1. The third kappa shape index (κ3) is 2.85. The maximum atomic E-state index is 13.9. The summed E-state index contributed by atoms with van der Waals surface area (Å²) in [6, 6.07) is 7.95. The van der Waals surface area contributed by atoms with Gasteiger partial charge in [0.15, 0.2) is 11.5 Å². The van der Waals surface area contributed by atoms with Crippen LogP contribution in [0.2, 0.25) is 0 Å². The predicted molar refractivity (Wildman–Crippen MR) is 85.0 cm³/mol. The van der Waals surface area contributed by atoms with E-state index in [-0.39, 0.29) is 25.8 Å². The van der Waals surface area contributed by atoms with Crippen LogP contribution < -0.4 is 9.47 Å². The van der Waals surface area contributed by atoms with Gasteiger partial charge in [0.1, 0.15) is 16.5 Å². The molecule has 1 atom stereocenters. The van der Waals surface area contributed by atoms with Crippen molar-refractivity contribution in [1.82, 2.24) is 4.31 Å². The molecule has 0 amide bonds. The van der Waals surface area contributed by atoms with Gasteiger partial charge in [-0.1, -0.05) is 6.07 Å². The maximum absolute atomic E-state index is 13.9. The van der Waals surface area contributed by atoms with Crippen LogP contribution in [0.25, 0.3) is 0 Å². The van der Waals surface area contributed by atoms with Crippen molar-refractivity contribution >= 4 is 10.0 Å². The lowest BCUT2D eigenvalue weighted by molar-refractivity contribution is 0.174. The van der Waals surface area contributed by atoms with Gasteiger partial charge in [-0.05, 0) is 48.2 Å². The van der Waals surface area contributed by atoms with Crippen LogP contribution in [-0.4, -0.2) is 32.6 Å². The van der Waals surface area contributed by atoms with Gasteiger partial charge in [-0.3, -0.25) is 0 Å². The molecule has 1 fully saturated rings. The second kappa shape index (κ2) is 5.96. The van der Waals surface area contributed by atoms with E-state index in [4.69, 9.17) is 9.47 Å². The average molecular weight is 367 g/mol. The average Bonchev–Trinajstić information content (AvgIpc) is 3.25. The summed E-state index contributed by atoms with van der Waals surface area (Å²) in [6.07, 6.45) is 0.593. The molecule has 2 heterocycles. The smallest absolute Gasteiger partial charge is 0.246 e. The lowest BCUT2D eigenvalue weighted by Gasteiger charge is -2.17. The fourth-order valence-corrected chi connectivity index (χ4v) is 4.78. The highest BCUT2D eigenvalue weighted by Crippen LogP contribution is 2.38. The highest BCUT2D eigenvalue weighted by Gasteiger charge is 2.35. The van der Waals surface area contributed by atoms with E-state index in [1.54, 1.807) is 6.07 Å². The highest BCUT2D eigenvalue weighted by atomic mass is 32.2. The van der Waals surface area contributed by atoms with Gasteiger partial charge in [-0.2, -0.15) is 4.31 Å². The molecule has 0 N–H and O–H groups in total. The van der Waals surface area contributed by atoms with E-state index in [0.717, 1.165) is 23.8 Å². The van der Waals surface area contributed by atoms with Gasteiger partial charge in [0, 0.05) is 13.1 Å². The van der Waals surface area contributed by atoms with Gasteiger partial charge in [0.25, 0.3) is 0 Å². The summed E-state index contributed by atoms with van der Waals surface area (Å²) in [6.45, 7) is 0.623. The molecule has 1 unspecified atom stereocenters. The van der Waals surface area contributed by atoms with Crippen molar-refractivity contribution in [2.45, 2.75) is 17.2 Å². The van der Waals surface area contributed by atoms with Gasteiger partial charge in [0.05, 0.1) is 0 Å². The van der Waals surface area contributed by atoms with Crippen LogP contribution in [0.3, 0.4) is 0 Å². The summed E-state index contributed by atoms with van der Waals surface area (Å²) < 4.78 is 64.3. The van der Waals surface area contributed by atoms with Crippen LogP contribution in [0.4, 0.5) is 8.78 Å². The van der Waals surface area contributed by atoms with Crippen LogP contribution in [0.5, 0.6) is 11.5 Å². The zero-order valence-electron chi connectivity index (χ0n) is 13.1. The molecule has 0 saturated carbocycles. The molecule has 0 aliphatic carbocycles. The fraction of sp³-hybridized carbons (Fsp3) is 0.294. The van der Waals surface area contributed by atoms with Crippen molar-refractivity contribution in [2.75, 3.05) is 19.9 Å². The minimum absolute atomic E-state index is 0.0408. The van der Waals surface area contributed by atoms with Gasteiger partial charge in [-0.25, -0.2) is 17.2 Å². The number of hydrogen-bond acceptors (Lipinski definition) is 4. The van der Waals surface area contributed by atoms with E-state index in [9.17, 15) is 17.2 Å². The van der Waals surface area contributed by atoms with E-state index in [1.807, 2.05) is 12.1 Å². The first-order valence-corrected chi connectivity index (χ1v) is 9.24. The van der Waals surface area contributed by atoms with Crippen LogP contribution in [0.15, 0.2) is 41.3 Å². The summed E-state index contributed by atoms with van der Waals surface area (Å²) in [5, 5.41) is 0. The Balaban J connectivity index is 1.58. The highest BCUT2D eigenvalue weighted by molar-refractivity contribution is 7.89. The zero-order chi connectivity index (χ0) is 17.6. The third-order valence-corrected chi connectivity index (χ3v) is 6.41. The second-order valence-corrected chi connectivity index (χ2v) is 7.94.